The maximum Gasteiger partial charge on any atom is 0.328 e. The molecule has 1 aliphatic carbocycles. The van der Waals surface area contributed by atoms with Gasteiger partial charge in [-0.1, -0.05) is 51.5 Å². The number of ether oxygens (including phenoxy) is 2. The van der Waals surface area contributed by atoms with E-state index in [-0.39, 0.29) is 0 Å². The number of benzene rings is 1. The fourth-order valence-electron chi connectivity index (χ4n) is 3.65. The average molecular weight is 360 g/mol. The van der Waals surface area contributed by atoms with Crippen LogP contribution in [0.2, 0.25) is 0 Å². The van der Waals surface area contributed by atoms with E-state index in [1.165, 1.54) is 51.4 Å². The van der Waals surface area contributed by atoms with Gasteiger partial charge in [0.05, 0.1) is 13.7 Å². The SMILES string of the molecule is CCCCCC1CCC(COc2ccc(/C=C/C(=O)O)cc2OC)CC1. The zero-order chi connectivity index (χ0) is 18.8. The van der Waals surface area contributed by atoms with Gasteiger partial charge in [0.15, 0.2) is 11.5 Å². The van der Waals surface area contributed by atoms with Gasteiger partial charge < -0.3 is 14.6 Å². The third-order valence-corrected chi connectivity index (χ3v) is 5.26. The molecule has 0 radical (unpaired) electrons. The molecule has 1 aromatic rings. The van der Waals surface area contributed by atoms with E-state index in [0.717, 1.165) is 29.9 Å². The van der Waals surface area contributed by atoms with Gasteiger partial charge in [-0.3, -0.25) is 0 Å². The molecule has 1 fully saturated rings. The Kier molecular flexibility index (Phi) is 8.52. The molecule has 0 spiro atoms. The van der Waals surface area contributed by atoms with Gasteiger partial charge in [-0.05, 0) is 48.4 Å². The molecule has 1 aliphatic rings. The van der Waals surface area contributed by atoms with Crippen LogP contribution in [0.5, 0.6) is 11.5 Å². The van der Waals surface area contributed by atoms with Gasteiger partial charge >= 0.3 is 5.97 Å². The molecular formula is C22H32O4. The van der Waals surface area contributed by atoms with Gasteiger partial charge in [0.25, 0.3) is 0 Å². The summed E-state index contributed by atoms with van der Waals surface area (Å²) in [5, 5.41) is 8.72. The number of hydrogen-bond acceptors (Lipinski definition) is 3. The van der Waals surface area contributed by atoms with Crippen molar-refractivity contribution < 1.29 is 19.4 Å². The predicted octanol–water partition coefficient (Wildman–Crippen LogP) is 5.56. The molecule has 0 unspecified atom stereocenters. The minimum absolute atomic E-state index is 0.619. The lowest BCUT2D eigenvalue weighted by Gasteiger charge is -2.28. The second-order valence-electron chi connectivity index (χ2n) is 7.28. The molecule has 26 heavy (non-hydrogen) atoms. The maximum absolute atomic E-state index is 10.6. The molecule has 4 nitrogen and oxygen atoms in total. The quantitative estimate of drug-likeness (QED) is 0.438. The van der Waals surface area contributed by atoms with E-state index in [1.54, 1.807) is 19.3 Å². The van der Waals surface area contributed by atoms with E-state index in [4.69, 9.17) is 14.6 Å². The van der Waals surface area contributed by atoms with Crippen LogP contribution in [-0.2, 0) is 4.79 Å². The molecular weight excluding hydrogens is 328 g/mol. The monoisotopic (exact) mass is 360 g/mol. The lowest BCUT2D eigenvalue weighted by atomic mass is 9.80. The molecule has 0 atom stereocenters. The summed E-state index contributed by atoms with van der Waals surface area (Å²) in [5.41, 5.74) is 0.782. The van der Waals surface area contributed by atoms with E-state index in [9.17, 15) is 4.79 Å². The Balaban J connectivity index is 1.81. The summed E-state index contributed by atoms with van der Waals surface area (Å²) in [7, 11) is 1.61. The fraction of sp³-hybridized carbons (Fsp3) is 0.591. The number of carbonyl (C=O) groups is 1. The first kappa shape index (κ1) is 20.3. The minimum atomic E-state index is -0.963. The number of methoxy groups -OCH3 is 1. The highest BCUT2D eigenvalue weighted by Crippen LogP contribution is 2.34. The van der Waals surface area contributed by atoms with Crippen molar-refractivity contribution in [2.45, 2.75) is 58.3 Å². The maximum atomic E-state index is 10.6. The van der Waals surface area contributed by atoms with Crippen LogP contribution in [0, 0.1) is 11.8 Å². The first-order valence-electron chi connectivity index (χ1n) is 9.84. The van der Waals surface area contributed by atoms with Gasteiger partial charge in [-0.25, -0.2) is 4.79 Å². The van der Waals surface area contributed by atoms with Crippen molar-refractivity contribution in [3.63, 3.8) is 0 Å². The van der Waals surface area contributed by atoms with Crippen LogP contribution in [0.3, 0.4) is 0 Å². The van der Waals surface area contributed by atoms with Gasteiger partial charge in [0.1, 0.15) is 0 Å². The molecule has 0 heterocycles. The lowest BCUT2D eigenvalue weighted by molar-refractivity contribution is -0.131. The highest BCUT2D eigenvalue weighted by Gasteiger charge is 2.21. The molecule has 0 amide bonds. The first-order chi connectivity index (χ1) is 12.6. The number of unbranched alkanes of at least 4 members (excludes halogenated alkanes) is 2. The topological polar surface area (TPSA) is 55.8 Å². The molecule has 0 aliphatic heterocycles. The summed E-state index contributed by atoms with van der Waals surface area (Å²) in [6.45, 7) is 2.99. The highest BCUT2D eigenvalue weighted by atomic mass is 16.5. The Morgan fingerprint density at radius 2 is 1.88 bits per heavy atom. The van der Waals surface area contributed by atoms with Crippen molar-refractivity contribution in [3.8, 4) is 11.5 Å². The molecule has 4 heteroatoms. The third-order valence-electron chi connectivity index (χ3n) is 5.26. The van der Waals surface area contributed by atoms with Crippen molar-refractivity contribution >= 4 is 12.0 Å². The zero-order valence-electron chi connectivity index (χ0n) is 16.1. The summed E-state index contributed by atoms with van der Waals surface area (Å²) in [6, 6.07) is 5.51. The lowest BCUT2D eigenvalue weighted by Crippen LogP contribution is -2.20. The van der Waals surface area contributed by atoms with Crippen LogP contribution in [0.15, 0.2) is 24.3 Å². The molecule has 0 bridgehead atoms. The molecule has 2 rings (SSSR count). The molecule has 0 saturated heterocycles. The standard InChI is InChI=1S/C22H32O4/c1-3-4-5-6-17-7-9-19(10-8-17)16-26-20-13-11-18(12-14-22(23)24)15-21(20)25-2/h11-15,17,19H,3-10,16H2,1-2H3,(H,23,24)/b14-12+. The average Bonchev–Trinajstić information content (AvgIpc) is 2.66. The largest absolute Gasteiger partial charge is 0.493 e. The summed E-state index contributed by atoms with van der Waals surface area (Å²) in [4.78, 5) is 10.6. The molecule has 1 aromatic carbocycles. The number of carboxylic acid groups (broad SMARTS) is 1. The van der Waals surface area contributed by atoms with Gasteiger partial charge in [-0.2, -0.15) is 0 Å². The molecule has 1 saturated carbocycles. The normalized spacial score (nSPS) is 20.2. The fourth-order valence-corrected chi connectivity index (χ4v) is 3.65. The molecule has 0 aromatic heterocycles. The Morgan fingerprint density at radius 1 is 1.15 bits per heavy atom. The summed E-state index contributed by atoms with van der Waals surface area (Å²) < 4.78 is 11.4. The Bertz CT molecular complexity index is 586. The number of carboxylic acids is 1. The number of rotatable bonds is 10. The van der Waals surface area contributed by atoms with Crippen LogP contribution < -0.4 is 9.47 Å². The second kappa shape index (κ2) is 10.9. The Morgan fingerprint density at radius 3 is 2.54 bits per heavy atom. The third kappa shape index (κ3) is 6.74. The van der Waals surface area contributed by atoms with Crippen molar-refractivity contribution in [1.82, 2.24) is 0 Å². The first-order valence-corrected chi connectivity index (χ1v) is 9.84. The van der Waals surface area contributed by atoms with E-state index < -0.39 is 5.97 Å². The van der Waals surface area contributed by atoms with Crippen molar-refractivity contribution in [1.29, 1.82) is 0 Å². The van der Waals surface area contributed by atoms with Gasteiger partial charge in [0.2, 0.25) is 0 Å². The van der Waals surface area contributed by atoms with E-state index in [1.807, 2.05) is 12.1 Å². The number of hydrogen-bond donors (Lipinski definition) is 1. The van der Waals surface area contributed by atoms with E-state index in [0.29, 0.717) is 11.7 Å². The van der Waals surface area contributed by atoms with E-state index in [2.05, 4.69) is 6.92 Å². The van der Waals surface area contributed by atoms with Crippen LogP contribution in [0.25, 0.3) is 6.08 Å². The van der Waals surface area contributed by atoms with Crippen LogP contribution in [0.1, 0.15) is 63.9 Å². The van der Waals surface area contributed by atoms with E-state index >= 15 is 0 Å². The molecule has 144 valence electrons. The minimum Gasteiger partial charge on any atom is -0.493 e. The number of aliphatic carboxylic acids is 1. The highest BCUT2D eigenvalue weighted by molar-refractivity contribution is 5.85. The van der Waals surface area contributed by atoms with Crippen LogP contribution >= 0.6 is 0 Å². The van der Waals surface area contributed by atoms with Gasteiger partial charge in [0, 0.05) is 6.08 Å². The van der Waals surface area contributed by atoms with Crippen molar-refractivity contribution in [2.24, 2.45) is 11.8 Å². The zero-order valence-corrected chi connectivity index (χ0v) is 16.1. The van der Waals surface area contributed by atoms with Crippen LogP contribution in [0.4, 0.5) is 0 Å². The second-order valence-corrected chi connectivity index (χ2v) is 7.28. The summed E-state index contributed by atoms with van der Waals surface area (Å²) in [6.07, 6.45) is 13.3. The summed E-state index contributed by atoms with van der Waals surface area (Å²) >= 11 is 0. The molecule has 1 N–H and O–H groups in total. The summed E-state index contributed by atoms with van der Waals surface area (Å²) in [5.74, 6) is 1.94. The van der Waals surface area contributed by atoms with Crippen molar-refractivity contribution in [3.05, 3.63) is 29.8 Å². The Labute approximate surface area is 157 Å². The predicted molar refractivity (Wildman–Crippen MR) is 105 cm³/mol. The van der Waals surface area contributed by atoms with Crippen LogP contribution in [-0.4, -0.2) is 24.8 Å². The smallest absolute Gasteiger partial charge is 0.328 e. The van der Waals surface area contributed by atoms with Gasteiger partial charge in [-0.15, -0.1) is 0 Å². The Hall–Kier alpha value is -1.97. The van der Waals surface area contributed by atoms with Crippen molar-refractivity contribution in [2.75, 3.05) is 13.7 Å².